The van der Waals surface area contributed by atoms with Gasteiger partial charge in [-0.2, -0.15) is 0 Å². The van der Waals surface area contributed by atoms with Crippen LogP contribution < -0.4 is 0 Å². The number of ether oxygens (including phenoxy) is 1. The first-order chi connectivity index (χ1) is 8.60. The average molecular weight is 260 g/mol. The highest BCUT2D eigenvalue weighted by Crippen LogP contribution is 2.22. The highest BCUT2D eigenvalue weighted by Gasteiger charge is 2.05. The van der Waals surface area contributed by atoms with E-state index in [1.54, 1.807) is 7.11 Å². The van der Waals surface area contributed by atoms with Gasteiger partial charge < -0.3 is 9.72 Å². The maximum Gasteiger partial charge on any atom is 0.134 e. The summed E-state index contributed by atoms with van der Waals surface area (Å²) in [6.45, 7) is 4.60. The van der Waals surface area contributed by atoms with E-state index in [0.717, 1.165) is 17.1 Å². The van der Waals surface area contributed by atoms with Crippen LogP contribution in [0.3, 0.4) is 0 Å². The summed E-state index contributed by atoms with van der Waals surface area (Å²) in [6, 6.07) is 8.24. The molecular formula is C14H16N2OS. The van der Waals surface area contributed by atoms with Crippen molar-refractivity contribution in [2.45, 2.75) is 20.5 Å². The molecule has 0 radical (unpaired) electrons. The molecule has 94 valence electrons. The van der Waals surface area contributed by atoms with Crippen LogP contribution in [0.2, 0.25) is 0 Å². The number of H-pyrrole nitrogens is 1. The molecule has 0 fully saturated rings. The molecule has 4 heteroatoms. The zero-order chi connectivity index (χ0) is 13.1. The lowest BCUT2D eigenvalue weighted by Crippen LogP contribution is -1.99. The number of aromatic nitrogens is 2. The zero-order valence-corrected chi connectivity index (χ0v) is 11.6. The molecule has 0 aliphatic heterocycles. The number of aryl methyl sites for hydroxylation is 2. The van der Waals surface area contributed by atoms with Crippen molar-refractivity contribution >= 4 is 12.2 Å². The molecule has 0 saturated carbocycles. The van der Waals surface area contributed by atoms with Crippen LogP contribution >= 0.6 is 12.2 Å². The average Bonchev–Trinajstić information content (AvgIpc) is 2.32. The minimum atomic E-state index is 0.433. The number of benzene rings is 1. The van der Waals surface area contributed by atoms with Crippen LogP contribution in [0.25, 0.3) is 11.3 Å². The Labute approximate surface area is 112 Å². The van der Waals surface area contributed by atoms with Gasteiger partial charge in [-0.25, -0.2) is 4.98 Å². The molecule has 18 heavy (non-hydrogen) atoms. The summed E-state index contributed by atoms with van der Waals surface area (Å²) in [7, 11) is 1.64. The van der Waals surface area contributed by atoms with Crippen molar-refractivity contribution < 1.29 is 4.74 Å². The molecule has 0 saturated heterocycles. The predicted octanol–water partition coefficient (Wildman–Crippen LogP) is 3.57. The van der Waals surface area contributed by atoms with Gasteiger partial charge in [0.15, 0.2) is 0 Å². The molecule has 2 rings (SSSR count). The number of aromatic amines is 1. The lowest BCUT2D eigenvalue weighted by atomic mass is 10.0. The second-order valence-corrected chi connectivity index (χ2v) is 4.75. The van der Waals surface area contributed by atoms with Gasteiger partial charge in [0.25, 0.3) is 0 Å². The summed E-state index contributed by atoms with van der Waals surface area (Å²) < 4.78 is 5.67. The first-order valence-corrected chi connectivity index (χ1v) is 6.18. The molecule has 3 nitrogen and oxygen atoms in total. The van der Waals surface area contributed by atoms with Crippen molar-refractivity contribution in [3.8, 4) is 11.3 Å². The van der Waals surface area contributed by atoms with E-state index in [9.17, 15) is 0 Å². The molecule has 0 bridgehead atoms. The quantitative estimate of drug-likeness (QED) is 0.857. The molecule has 0 atom stereocenters. The first kappa shape index (κ1) is 12.9. The highest BCUT2D eigenvalue weighted by molar-refractivity contribution is 7.71. The first-order valence-electron chi connectivity index (χ1n) is 5.77. The van der Waals surface area contributed by atoms with E-state index in [4.69, 9.17) is 17.0 Å². The summed E-state index contributed by atoms with van der Waals surface area (Å²) in [6.07, 6.45) is 0. The molecule has 1 aromatic heterocycles. The Hall–Kier alpha value is -1.52. The van der Waals surface area contributed by atoms with E-state index >= 15 is 0 Å². The van der Waals surface area contributed by atoms with Crippen LogP contribution in [0.15, 0.2) is 24.3 Å². The minimum absolute atomic E-state index is 0.433. The van der Waals surface area contributed by atoms with Gasteiger partial charge in [-0.1, -0.05) is 29.9 Å². The van der Waals surface area contributed by atoms with Crippen LogP contribution in [0.4, 0.5) is 0 Å². The monoisotopic (exact) mass is 260 g/mol. The molecule has 0 aliphatic rings. The highest BCUT2D eigenvalue weighted by atomic mass is 32.1. The van der Waals surface area contributed by atoms with Crippen molar-refractivity contribution in [3.63, 3.8) is 0 Å². The minimum Gasteiger partial charge on any atom is -0.377 e. The predicted molar refractivity (Wildman–Crippen MR) is 75.0 cm³/mol. The third kappa shape index (κ3) is 2.83. The smallest absolute Gasteiger partial charge is 0.134 e. The number of nitrogens with one attached hydrogen (secondary N) is 1. The van der Waals surface area contributed by atoms with Crippen LogP contribution in [-0.2, 0) is 11.3 Å². The lowest BCUT2D eigenvalue weighted by Gasteiger charge is -2.09. The summed E-state index contributed by atoms with van der Waals surface area (Å²) in [5.74, 6) is 0.751. The molecule has 2 aromatic rings. The van der Waals surface area contributed by atoms with Crippen molar-refractivity contribution in [1.29, 1.82) is 0 Å². The van der Waals surface area contributed by atoms with Gasteiger partial charge in [0, 0.05) is 12.7 Å². The van der Waals surface area contributed by atoms with E-state index in [-0.39, 0.29) is 0 Å². The van der Waals surface area contributed by atoms with Gasteiger partial charge in [0.1, 0.15) is 17.1 Å². The zero-order valence-electron chi connectivity index (χ0n) is 10.8. The summed E-state index contributed by atoms with van der Waals surface area (Å²) in [5.41, 5.74) is 4.57. The van der Waals surface area contributed by atoms with Crippen LogP contribution in [-0.4, -0.2) is 17.1 Å². The molecule has 0 amide bonds. The molecule has 0 spiro atoms. The molecule has 0 unspecified atom stereocenters. The van der Waals surface area contributed by atoms with E-state index in [0.29, 0.717) is 11.2 Å². The topological polar surface area (TPSA) is 37.9 Å². The number of hydrogen-bond donors (Lipinski definition) is 1. The van der Waals surface area contributed by atoms with E-state index in [2.05, 4.69) is 42.0 Å². The second kappa shape index (κ2) is 5.42. The Kier molecular flexibility index (Phi) is 3.89. The van der Waals surface area contributed by atoms with E-state index < -0.39 is 0 Å². The van der Waals surface area contributed by atoms with Gasteiger partial charge in [-0.15, -0.1) is 0 Å². The van der Waals surface area contributed by atoms with Gasteiger partial charge in [-0.05, 0) is 31.5 Å². The Bertz CT molecular complexity index is 619. The van der Waals surface area contributed by atoms with Crippen molar-refractivity contribution in [3.05, 3.63) is 45.9 Å². The Morgan fingerprint density at radius 2 is 2.06 bits per heavy atom. The molecule has 1 N–H and O–H groups in total. The molecule has 0 aliphatic carbocycles. The summed E-state index contributed by atoms with van der Waals surface area (Å²) in [5, 5.41) is 0. The third-order valence-corrected chi connectivity index (χ3v) is 2.97. The number of hydrogen-bond acceptors (Lipinski definition) is 3. The maximum absolute atomic E-state index is 5.19. The van der Waals surface area contributed by atoms with Crippen LogP contribution in [0.1, 0.15) is 17.0 Å². The molecule has 1 heterocycles. The van der Waals surface area contributed by atoms with Gasteiger partial charge in [0.05, 0.1) is 5.69 Å². The normalized spacial score (nSPS) is 10.6. The van der Waals surface area contributed by atoms with Gasteiger partial charge >= 0.3 is 0 Å². The van der Waals surface area contributed by atoms with Crippen LogP contribution in [0, 0.1) is 18.5 Å². The molecular weight excluding hydrogens is 244 g/mol. The Morgan fingerprint density at radius 3 is 2.78 bits per heavy atom. The van der Waals surface area contributed by atoms with Crippen molar-refractivity contribution in [1.82, 2.24) is 9.97 Å². The fraction of sp³-hybridized carbons (Fsp3) is 0.286. The summed E-state index contributed by atoms with van der Waals surface area (Å²) >= 11 is 5.19. The van der Waals surface area contributed by atoms with E-state index in [1.807, 2.05) is 6.07 Å². The Balaban J connectivity index is 2.56. The van der Waals surface area contributed by atoms with Crippen LogP contribution in [0.5, 0.6) is 0 Å². The third-order valence-electron chi connectivity index (χ3n) is 2.76. The van der Waals surface area contributed by atoms with Crippen molar-refractivity contribution in [2.24, 2.45) is 0 Å². The number of rotatable bonds is 3. The fourth-order valence-electron chi connectivity index (χ4n) is 1.88. The van der Waals surface area contributed by atoms with Gasteiger partial charge in [0.2, 0.25) is 0 Å². The molecule has 1 aromatic carbocycles. The number of methoxy groups -OCH3 is 1. The summed E-state index contributed by atoms with van der Waals surface area (Å²) in [4.78, 5) is 7.50. The number of nitrogens with zero attached hydrogens (tertiary/aromatic N) is 1. The lowest BCUT2D eigenvalue weighted by molar-refractivity contribution is 0.177. The standard InChI is InChI=1S/C14H16N2OS/c1-9-4-5-10(2)11(6-9)12-7-14(18)16-13(15-12)8-17-3/h4-7H,8H2,1-3H3,(H,15,16,18). The van der Waals surface area contributed by atoms with Gasteiger partial charge in [-0.3, -0.25) is 0 Å². The SMILES string of the molecule is COCc1nc(=S)cc(-c2cc(C)ccc2C)[nH]1. The Morgan fingerprint density at radius 1 is 1.28 bits per heavy atom. The second-order valence-electron chi connectivity index (χ2n) is 4.33. The maximum atomic E-state index is 5.19. The van der Waals surface area contributed by atoms with Crippen molar-refractivity contribution in [2.75, 3.05) is 7.11 Å². The fourth-order valence-corrected chi connectivity index (χ4v) is 2.11. The largest absolute Gasteiger partial charge is 0.377 e. The van der Waals surface area contributed by atoms with E-state index in [1.165, 1.54) is 11.1 Å².